The lowest BCUT2D eigenvalue weighted by Crippen LogP contribution is -2.15. The van der Waals surface area contributed by atoms with Gasteiger partial charge in [-0.2, -0.15) is 13.2 Å². The van der Waals surface area contributed by atoms with Crippen LogP contribution in [0.1, 0.15) is 38.4 Å². The van der Waals surface area contributed by atoms with Crippen molar-refractivity contribution in [3.05, 3.63) is 29.8 Å². The Morgan fingerprint density at radius 1 is 1.16 bits per heavy atom. The maximum atomic E-state index is 12.4. The van der Waals surface area contributed by atoms with Gasteiger partial charge in [0.15, 0.2) is 0 Å². The van der Waals surface area contributed by atoms with Crippen molar-refractivity contribution in [1.82, 2.24) is 0 Å². The van der Waals surface area contributed by atoms with Crippen LogP contribution in [0.2, 0.25) is 0 Å². The van der Waals surface area contributed by atoms with Gasteiger partial charge in [-0.25, -0.2) is 0 Å². The number of hydrogen-bond donors (Lipinski definition) is 0. The Morgan fingerprint density at radius 3 is 2.16 bits per heavy atom. The monoisotopic (exact) mass is 276 g/mol. The van der Waals surface area contributed by atoms with E-state index < -0.39 is 18.7 Å². The fraction of sp³-hybridized carbons (Fsp3) is 0.571. The zero-order chi connectivity index (χ0) is 14.5. The fourth-order valence-corrected chi connectivity index (χ4v) is 1.62. The molecule has 2 atom stereocenters. The first-order valence-electron chi connectivity index (χ1n) is 6.22. The lowest BCUT2D eigenvalue weighted by Gasteiger charge is -2.18. The molecule has 5 heteroatoms. The van der Waals surface area contributed by atoms with Crippen molar-refractivity contribution in [1.29, 1.82) is 0 Å². The number of ether oxygens (including phenoxy) is 2. The summed E-state index contributed by atoms with van der Waals surface area (Å²) >= 11 is 0. The van der Waals surface area contributed by atoms with Crippen LogP contribution in [-0.4, -0.2) is 19.4 Å². The summed E-state index contributed by atoms with van der Waals surface area (Å²) in [4.78, 5) is 0. The van der Waals surface area contributed by atoms with E-state index in [0.29, 0.717) is 11.3 Å². The molecule has 0 aliphatic rings. The van der Waals surface area contributed by atoms with Crippen molar-refractivity contribution >= 4 is 0 Å². The largest absolute Gasteiger partial charge is 0.491 e. The molecule has 0 amide bonds. The topological polar surface area (TPSA) is 18.5 Å². The minimum Gasteiger partial charge on any atom is -0.491 e. The zero-order valence-corrected chi connectivity index (χ0v) is 11.3. The molecular formula is C14H19F3O2. The molecule has 0 aromatic heterocycles. The summed E-state index contributed by atoms with van der Waals surface area (Å²) in [6, 6.07) is 6.56. The molecule has 0 aliphatic heterocycles. The molecule has 0 saturated heterocycles. The van der Waals surface area contributed by atoms with Crippen LogP contribution in [0.4, 0.5) is 13.2 Å². The second-order valence-corrected chi connectivity index (χ2v) is 4.45. The summed E-state index contributed by atoms with van der Waals surface area (Å²) in [5.41, 5.74) is 0.497. The van der Waals surface area contributed by atoms with Crippen LogP contribution < -0.4 is 4.74 Å². The SMILES string of the molecule is CCC(C)Oc1ccc(C(CC(F)(F)F)OC)cc1. The number of methoxy groups -OCH3 is 1. The lowest BCUT2D eigenvalue weighted by molar-refractivity contribution is -0.158. The molecule has 108 valence electrons. The van der Waals surface area contributed by atoms with E-state index in [9.17, 15) is 13.2 Å². The minimum absolute atomic E-state index is 0.0826. The van der Waals surface area contributed by atoms with E-state index in [1.54, 1.807) is 24.3 Å². The first-order valence-corrected chi connectivity index (χ1v) is 6.22. The third kappa shape index (κ3) is 5.51. The van der Waals surface area contributed by atoms with Gasteiger partial charge in [-0.1, -0.05) is 19.1 Å². The minimum atomic E-state index is -4.24. The van der Waals surface area contributed by atoms with E-state index in [2.05, 4.69) is 0 Å². The van der Waals surface area contributed by atoms with E-state index in [1.807, 2.05) is 13.8 Å². The van der Waals surface area contributed by atoms with Gasteiger partial charge in [-0.3, -0.25) is 0 Å². The number of alkyl halides is 3. The molecule has 2 nitrogen and oxygen atoms in total. The van der Waals surface area contributed by atoms with Gasteiger partial charge in [0.25, 0.3) is 0 Å². The second kappa shape index (κ2) is 6.80. The molecule has 1 aromatic rings. The van der Waals surface area contributed by atoms with Crippen molar-refractivity contribution in [2.24, 2.45) is 0 Å². The van der Waals surface area contributed by atoms with Crippen LogP contribution in [0.5, 0.6) is 5.75 Å². The number of halogens is 3. The first kappa shape index (κ1) is 15.8. The average molecular weight is 276 g/mol. The van der Waals surface area contributed by atoms with Crippen LogP contribution in [0, 0.1) is 0 Å². The van der Waals surface area contributed by atoms with E-state index in [0.717, 1.165) is 6.42 Å². The molecule has 2 unspecified atom stereocenters. The molecule has 0 radical (unpaired) electrons. The predicted octanol–water partition coefficient (Wildman–Crippen LogP) is 4.50. The van der Waals surface area contributed by atoms with Crippen molar-refractivity contribution in [3.8, 4) is 5.75 Å². The second-order valence-electron chi connectivity index (χ2n) is 4.45. The molecule has 19 heavy (non-hydrogen) atoms. The van der Waals surface area contributed by atoms with Gasteiger partial charge in [-0.05, 0) is 31.0 Å². The Bertz CT molecular complexity index is 373. The molecule has 0 aliphatic carbocycles. The van der Waals surface area contributed by atoms with Crippen molar-refractivity contribution in [2.75, 3.05) is 7.11 Å². The smallest absolute Gasteiger partial charge is 0.391 e. The van der Waals surface area contributed by atoms with Gasteiger partial charge in [0.1, 0.15) is 5.75 Å². The summed E-state index contributed by atoms with van der Waals surface area (Å²) in [6.07, 6.45) is -5.25. The van der Waals surface area contributed by atoms with Crippen molar-refractivity contribution in [2.45, 2.75) is 45.1 Å². The zero-order valence-electron chi connectivity index (χ0n) is 11.3. The van der Waals surface area contributed by atoms with E-state index in [-0.39, 0.29) is 6.10 Å². The maximum absolute atomic E-state index is 12.4. The van der Waals surface area contributed by atoms with Crippen LogP contribution in [0.15, 0.2) is 24.3 Å². The van der Waals surface area contributed by atoms with Gasteiger partial charge in [0.05, 0.1) is 18.6 Å². The quantitative estimate of drug-likeness (QED) is 0.761. The third-order valence-electron chi connectivity index (χ3n) is 2.87. The Balaban J connectivity index is 2.73. The fourth-order valence-electron chi connectivity index (χ4n) is 1.62. The third-order valence-corrected chi connectivity index (χ3v) is 2.87. The van der Waals surface area contributed by atoms with E-state index >= 15 is 0 Å². The summed E-state index contributed by atoms with van der Waals surface area (Å²) in [5.74, 6) is 0.653. The normalized spacial score (nSPS) is 15.1. The molecule has 0 bridgehead atoms. The van der Waals surface area contributed by atoms with Crippen LogP contribution in [0.3, 0.4) is 0 Å². The lowest BCUT2D eigenvalue weighted by atomic mass is 10.1. The molecule has 0 spiro atoms. The highest BCUT2D eigenvalue weighted by molar-refractivity contribution is 5.29. The average Bonchev–Trinajstić information content (AvgIpc) is 2.35. The Kier molecular flexibility index (Phi) is 5.66. The number of hydrogen-bond acceptors (Lipinski definition) is 2. The molecule has 1 aromatic carbocycles. The predicted molar refractivity (Wildman–Crippen MR) is 67.2 cm³/mol. The van der Waals surface area contributed by atoms with E-state index in [4.69, 9.17) is 9.47 Å². The maximum Gasteiger partial charge on any atom is 0.391 e. The highest BCUT2D eigenvalue weighted by Crippen LogP contribution is 2.32. The molecule has 0 heterocycles. The Hall–Kier alpha value is -1.23. The van der Waals surface area contributed by atoms with Crippen molar-refractivity contribution in [3.63, 3.8) is 0 Å². The standard InChI is InChI=1S/C14H19F3O2/c1-4-10(2)19-12-7-5-11(6-8-12)13(18-3)9-14(15,16)17/h5-8,10,13H,4,9H2,1-3H3. The van der Waals surface area contributed by atoms with Gasteiger partial charge in [0, 0.05) is 7.11 Å². The molecule has 1 rings (SSSR count). The first-order chi connectivity index (χ1) is 8.85. The van der Waals surface area contributed by atoms with E-state index in [1.165, 1.54) is 7.11 Å². The Morgan fingerprint density at radius 2 is 1.74 bits per heavy atom. The van der Waals surface area contributed by atoms with Gasteiger partial charge in [0.2, 0.25) is 0 Å². The highest BCUT2D eigenvalue weighted by Gasteiger charge is 2.32. The van der Waals surface area contributed by atoms with Crippen molar-refractivity contribution < 1.29 is 22.6 Å². The van der Waals surface area contributed by atoms with Crippen LogP contribution in [-0.2, 0) is 4.74 Å². The van der Waals surface area contributed by atoms with Gasteiger partial charge >= 0.3 is 6.18 Å². The Labute approximate surface area is 111 Å². The molecular weight excluding hydrogens is 257 g/mol. The van der Waals surface area contributed by atoms with Gasteiger partial charge < -0.3 is 9.47 Å². The molecule has 0 saturated carbocycles. The van der Waals surface area contributed by atoms with Crippen LogP contribution in [0.25, 0.3) is 0 Å². The summed E-state index contributed by atoms with van der Waals surface area (Å²) in [7, 11) is 1.28. The summed E-state index contributed by atoms with van der Waals surface area (Å²) < 4.78 is 47.6. The molecule has 0 N–H and O–H groups in total. The number of benzene rings is 1. The summed E-state index contributed by atoms with van der Waals surface area (Å²) in [5, 5.41) is 0. The van der Waals surface area contributed by atoms with Gasteiger partial charge in [-0.15, -0.1) is 0 Å². The highest BCUT2D eigenvalue weighted by atomic mass is 19.4. The number of rotatable bonds is 6. The van der Waals surface area contributed by atoms with Crippen LogP contribution >= 0.6 is 0 Å². The summed E-state index contributed by atoms with van der Waals surface area (Å²) in [6.45, 7) is 3.94. The molecule has 0 fully saturated rings.